The standard InChI is InChI=1S/C26H30FNO6/c1-2-31-24-18-20(7-13-26(30)34-19-25(29)28-14-4-3-5-15-28)6-12-23(24)33-17-16-32-22-10-8-21(27)9-11-22/h6-13,18H,2-5,14-17,19H2,1H3/b13-7+. The van der Waals surface area contributed by atoms with Crippen LogP contribution in [0.5, 0.6) is 17.2 Å². The van der Waals surface area contributed by atoms with Gasteiger partial charge in [-0.25, -0.2) is 9.18 Å². The molecule has 1 saturated heterocycles. The highest BCUT2D eigenvalue weighted by molar-refractivity contribution is 5.89. The van der Waals surface area contributed by atoms with Crippen LogP contribution in [0, 0.1) is 5.82 Å². The summed E-state index contributed by atoms with van der Waals surface area (Å²) in [6.45, 7) is 4.04. The van der Waals surface area contributed by atoms with Crippen LogP contribution in [0.25, 0.3) is 6.08 Å². The zero-order chi connectivity index (χ0) is 24.2. The summed E-state index contributed by atoms with van der Waals surface area (Å²) in [4.78, 5) is 25.9. The van der Waals surface area contributed by atoms with Crippen molar-refractivity contribution in [3.8, 4) is 17.2 Å². The Balaban J connectivity index is 1.48. The fourth-order valence-electron chi connectivity index (χ4n) is 3.44. The highest BCUT2D eigenvalue weighted by atomic mass is 19.1. The number of esters is 1. The van der Waals surface area contributed by atoms with Crippen LogP contribution in [0.4, 0.5) is 4.39 Å². The predicted octanol–water partition coefficient (Wildman–Crippen LogP) is 4.25. The molecule has 0 aromatic heterocycles. The summed E-state index contributed by atoms with van der Waals surface area (Å²) >= 11 is 0. The number of carbonyl (C=O) groups excluding carboxylic acids is 2. The molecule has 0 spiro atoms. The van der Waals surface area contributed by atoms with Crippen molar-refractivity contribution < 1.29 is 32.9 Å². The Morgan fingerprint density at radius 2 is 1.68 bits per heavy atom. The maximum atomic E-state index is 12.9. The second kappa shape index (κ2) is 13.2. The van der Waals surface area contributed by atoms with Gasteiger partial charge in [-0.1, -0.05) is 6.07 Å². The molecule has 0 bridgehead atoms. The summed E-state index contributed by atoms with van der Waals surface area (Å²) in [5.41, 5.74) is 0.720. The minimum atomic E-state index is -0.582. The fraction of sp³-hybridized carbons (Fsp3) is 0.385. The molecule has 0 radical (unpaired) electrons. The SMILES string of the molecule is CCOc1cc(/C=C/C(=O)OCC(=O)N2CCCCC2)ccc1OCCOc1ccc(F)cc1. The minimum Gasteiger partial charge on any atom is -0.490 e. The van der Waals surface area contributed by atoms with E-state index in [2.05, 4.69) is 0 Å². The molecule has 7 nitrogen and oxygen atoms in total. The lowest BCUT2D eigenvalue weighted by atomic mass is 10.1. The molecule has 0 N–H and O–H groups in total. The Morgan fingerprint density at radius 3 is 2.41 bits per heavy atom. The van der Waals surface area contributed by atoms with Gasteiger partial charge in [-0.05, 0) is 74.2 Å². The second-order valence-electron chi connectivity index (χ2n) is 7.67. The van der Waals surface area contributed by atoms with E-state index in [0.717, 1.165) is 37.9 Å². The Kier molecular flexibility index (Phi) is 9.76. The third-order valence-corrected chi connectivity index (χ3v) is 5.15. The Bertz CT molecular complexity index is 970. The predicted molar refractivity (Wildman–Crippen MR) is 125 cm³/mol. The first-order chi connectivity index (χ1) is 16.5. The number of amides is 1. The van der Waals surface area contributed by atoms with Gasteiger partial charge < -0.3 is 23.8 Å². The number of hydrogen-bond donors (Lipinski definition) is 0. The van der Waals surface area contributed by atoms with E-state index in [9.17, 15) is 14.0 Å². The molecule has 1 fully saturated rings. The summed E-state index contributed by atoms with van der Waals surface area (Å²) in [7, 11) is 0. The molecule has 3 rings (SSSR count). The van der Waals surface area contributed by atoms with Crippen molar-refractivity contribution in [1.82, 2.24) is 4.90 Å². The number of nitrogens with zero attached hydrogens (tertiary/aromatic N) is 1. The number of rotatable bonds is 11. The minimum absolute atomic E-state index is 0.162. The lowest BCUT2D eigenvalue weighted by Gasteiger charge is -2.26. The first kappa shape index (κ1) is 25.1. The summed E-state index contributed by atoms with van der Waals surface area (Å²) in [5, 5.41) is 0. The molecule has 1 heterocycles. The van der Waals surface area contributed by atoms with Crippen LogP contribution in [0.15, 0.2) is 48.5 Å². The average Bonchev–Trinajstić information content (AvgIpc) is 2.86. The summed E-state index contributed by atoms with van der Waals surface area (Å²) in [6, 6.07) is 11.0. The van der Waals surface area contributed by atoms with Gasteiger partial charge in [-0.15, -0.1) is 0 Å². The monoisotopic (exact) mass is 471 g/mol. The van der Waals surface area contributed by atoms with E-state index in [4.69, 9.17) is 18.9 Å². The quantitative estimate of drug-likeness (QED) is 0.277. The molecular weight excluding hydrogens is 441 g/mol. The molecule has 0 aliphatic carbocycles. The van der Waals surface area contributed by atoms with Gasteiger partial charge in [-0.2, -0.15) is 0 Å². The van der Waals surface area contributed by atoms with Gasteiger partial charge in [0.15, 0.2) is 18.1 Å². The number of piperidine rings is 1. The maximum Gasteiger partial charge on any atom is 0.331 e. The van der Waals surface area contributed by atoms with Crippen LogP contribution in [-0.4, -0.2) is 56.3 Å². The molecule has 0 saturated carbocycles. The van der Waals surface area contributed by atoms with Crippen LogP contribution < -0.4 is 14.2 Å². The van der Waals surface area contributed by atoms with E-state index in [1.165, 1.54) is 18.2 Å². The van der Waals surface area contributed by atoms with Crippen LogP contribution in [0.1, 0.15) is 31.7 Å². The number of benzene rings is 2. The van der Waals surface area contributed by atoms with Crippen LogP contribution in [0.3, 0.4) is 0 Å². The molecule has 2 aromatic rings. The molecule has 0 unspecified atom stereocenters. The average molecular weight is 472 g/mol. The Morgan fingerprint density at radius 1 is 0.941 bits per heavy atom. The maximum absolute atomic E-state index is 12.9. The van der Waals surface area contributed by atoms with Crippen molar-refractivity contribution in [3.63, 3.8) is 0 Å². The highest BCUT2D eigenvalue weighted by Crippen LogP contribution is 2.29. The van der Waals surface area contributed by atoms with Crippen molar-refractivity contribution in [1.29, 1.82) is 0 Å². The molecule has 1 aliphatic heterocycles. The number of ether oxygens (including phenoxy) is 4. The largest absolute Gasteiger partial charge is 0.490 e. The number of likely N-dealkylation sites (tertiary alicyclic amines) is 1. The second-order valence-corrected chi connectivity index (χ2v) is 7.67. The number of carbonyl (C=O) groups is 2. The van der Waals surface area contributed by atoms with Crippen molar-refractivity contribution in [3.05, 3.63) is 59.9 Å². The van der Waals surface area contributed by atoms with Crippen LogP contribution in [-0.2, 0) is 14.3 Å². The van der Waals surface area contributed by atoms with E-state index in [0.29, 0.717) is 23.9 Å². The molecule has 0 atom stereocenters. The topological polar surface area (TPSA) is 74.3 Å². The number of halogens is 1. The van der Waals surface area contributed by atoms with Gasteiger partial charge in [0.05, 0.1) is 6.61 Å². The molecule has 182 valence electrons. The van der Waals surface area contributed by atoms with Gasteiger partial charge in [0.25, 0.3) is 5.91 Å². The normalized spacial score (nSPS) is 13.5. The van der Waals surface area contributed by atoms with Gasteiger partial charge >= 0.3 is 5.97 Å². The first-order valence-corrected chi connectivity index (χ1v) is 11.5. The lowest BCUT2D eigenvalue weighted by molar-refractivity contribution is -0.148. The molecule has 34 heavy (non-hydrogen) atoms. The molecule has 2 aromatic carbocycles. The lowest BCUT2D eigenvalue weighted by Crippen LogP contribution is -2.38. The summed E-state index contributed by atoms with van der Waals surface area (Å²) in [5.74, 6) is 0.557. The first-order valence-electron chi connectivity index (χ1n) is 11.5. The van der Waals surface area contributed by atoms with E-state index in [1.54, 1.807) is 41.3 Å². The molecule has 8 heteroatoms. The summed E-state index contributed by atoms with van der Waals surface area (Å²) < 4.78 is 35.0. The van der Waals surface area contributed by atoms with Gasteiger partial charge in [-0.3, -0.25) is 4.79 Å². The third-order valence-electron chi connectivity index (χ3n) is 5.15. The molecule has 1 amide bonds. The van der Waals surface area contributed by atoms with E-state index in [-0.39, 0.29) is 31.5 Å². The molecule has 1 aliphatic rings. The van der Waals surface area contributed by atoms with E-state index >= 15 is 0 Å². The van der Waals surface area contributed by atoms with Crippen molar-refractivity contribution in [2.45, 2.75) is 26.2 Å². The Hall–Kier alpha value is -3.55. The van der Waals surface area contributed by atoms with Gasteiger partial charge in [0.2, 0.25) is 0 Å². The third kappa shape index (κ3) is 8.10. The van der Waals surface area contributed by atoms with Crippen molar-refractivity contribution >= 4 is 18.0 Å². The summed E-state index contributed by atoms with van der Waals surface area (Å²) in [6.07, 6.45) is 5.98. The van der Waals surface area contributed by atoms with Crippen LogP contribution in [0.2, 0.25) is 0 Å². The van der Waals surface area contributed by atoms with E-state index in [1.807, 2.05) is 6.92 Å². The van der Waals surface area contributed by atoms with E-state index < -0.39 is 5.97 Å². The zero-order valence-electron chi connectivity index (χ0n) is 19.3. The molecular formula is C26H30FNO6. The van der Waals surface area contributed by atoms with Crippen molar-refractivity contribution in [2.24, 2.45) is 0 Å². The van der Waals surface area contributed by atoms with Gasteiger partial charge in [0.1, 0.15) is 24.8 Å². The fourth-order valence-corrected chi connectivity index (χ4v) is 3.44. The van der Waals surface area contributed by atoms with Crippen molar-refractivity contribution in [2.75, 3.05) is 39.5 Å². The number of hydrogen-bond acceptors (Lipinski definition) is 6. The highest BCUT2D eigenvalue weighted by Gasteiger charge is 2.17. The Labute approximate surface area is 199 Å². The smallest absolute Gasteiger partial charge is 0.331 e. The van der Waals surface area contributed by atoms with Gasteiger partial charge in [0, 0.05) is 19.2 Å². The zero-order valence-corrected chi connectivity index (χ0v) is 19.3. The van der Waals surface area contributed by atoms with Crippen LogP contribution >= 0.6 is 0 Å².